The highest BCUT2D eigenvalue weighted by Gasteiger charge is 2.15. The number of benzene rings is 1. The number of rotatable bonds is 5. The van der Waals surface area contributed by atoms with E-state index in [1.54, 1.807) is 39.3 Å². The van der Waals surface area contributed by atoms with E-state index in [9.17, 15) is 9.59 Å². The van der Waals surface area contributed by atoms with Crippen LogP contribution in [-0.2, 0) is 4.79 Å². The molecule has 0 saturated heterocycles. The molecule has 0 unspecified atom stereocenters. The minimum Gasteiger partial charge on any atom is -0.397 e. The Morgan fingerprint density at radius 3 is 2.45 bits per heavy atom. The topological polar surface area (TPSA) is 78.7 Å². The van der Waals surface area contributed by atoms with E-state index in [1.807, 2.05) is 11.8 Å². The SMILES string of the molecule is CCN(CC(=O)N(C)C)c1cc(C(=O)NC)ccc1N. The molecule has 6 heteroatoms. The average molecular weight is 278 g/mol. The van der Waals surface area contributed by atoms with Crippen LogP contribution >= 0.6 is 0 Å². The number of hydrogen-bond donors (Lipinski definition) is 2. The molecule has 2 amide bonds. The number of amides is 2. The number of nitrogens with two attached hydrogens (primary N) is 1. The first kappa shape index (κ1) is 15.8. The Balaban J connectivity index is 3.08. The van der Waals surface area contributed by atoms with Crippen molar-refractivity contribution in [3.05, 3.63) is 23.8 Å². The zero-order valence-electron chi connectivity index (χ0n) is 12.4. The molecule has 0 aliphatic carbocycles. The fourth-order valence-electron chi connectivity index (χ4n) is 1.78. The number of carbonyl (C=O) groups excluding carboxylic acids is 2. The molecule has 0 heterocycles. The van der Waals surface area contributed by atoms with E-state index < -0.39 is 0 Å². The smallest absolute Gasteiger partial charge is 0.251 e. The van der Waals surface area contributed by atoms with Crippen molar-refractivity contribution in [1.29, 1.82) is 0 Å². The Labute approximate surface area is 119 Å². The van der Waals surface area contributed by atoms with Gasteiger partial charge in [0.2, 0.25) is 5.91 Å². The minimum atomic E-state index is -0.179. The Kier molecular flexibility index (Phi) is 5.37. The third-order valence-corrected chi connectivity index (χ3v) is 3.07. The highest BCUT2D eigenvalue weighted by atomic mass is 16.2. The van der Waals surface area contributed by atoms with E-state index >= 15 is 0 Å². The first-order chi connectivity index (χ1) is 9.40. The Bertz CT molecular complexity index is 500. The standard InChI is InChI=1S/C14H22N4O2/c1-5-18(9-13(19)17(3)4)12-8-10(14(20)16-2)6-7-11(12)15/h6-8H,5,9,15H2,1-4H3,(H,16,20). The molecule has 1 rings (SSSR count). The second-order valence-electron chi connectivity index (χ2n) is 4.66. The van der Waals surface area contributed by atoms with Gasteiger partial charge in [0.25, 0.3) is 5.91 Å². The molecule has 0 aliphatic heterocycles. The monoisotopic (exact) mass is 278 g/mol. The average Bonchev–Trinajstić information content (AvgIpc) is 2.44. The van der Waals surface area contributed by atoms with Crippen molar-refractivity contribution < 1.29 is 9.59 Å². The molecular formula is C14H22N4O2. The van der Waals surface area contributed by atoms with Gasteiger partial charge in [-0.05, 0) is 25.1 Å². The highest BCUT2D eigenvalue weighted by molar-refractivity contribution is 5.96. The fourth-order valence-corrected chi connectivity index (χ4v) is 1.78. The van der Waals surface area contributed by atoms with Crippen molar-refractivity contribution >= 4 is 23.2 Å². The van der Waals surface area contributed by atoms with E-state index in [0.717, 1.165) is 0 Å². The van der Waals surface area contributed by atoms with Gasteiger partial charge < -0.3 is 20.9 Å². The Hall–Kier alpha value is -2.24. The van der Waals surface area contributed by atoms with Crippen molar-refractivity contribution in [3.63, 3.8) is 0 Å². The molecule has 3 N–H and O–H groups in total. The maximum Gasteiger partial charge on any atom is 0.251 e. The second kappa shape index (κ2) is 6.79. The Morgan fingerprint density at radius 2 is 1.95 bits per heavy atom. The number of nitrogens with one attached hydrogen (secondary N) is 1. The first-order valence-electron chi connectivity index (χ1n) is 6.47. The molecule has 0 radical (unpaired) electrons. The summed E-state index contributed by atoms with van der Waals surface area (Å²) in [5.41, 5.74) is 7.73. The summed E-state index contributed by atoms with van der Waals surface area (Å²) in [6, 6.07) is 5.06. The summed E-state index contributed by atoms with van der Waals surface area (Å²) < 4.78 is 0. The van der Waals surface area contributed by atoms with Gasteiger partial charge in [0, 0.05) is 33.3 Å². The predicted octanol–water partition coefficient (Wildman–Crippen LogP) is 0.543. The van der Waals surface area contributed by atoms with E-state index in [1.165, 1.54) is 4.90 Å². The summed E-state index contributed by atoms with van der Waals surface area (Å²) in [6.45, 7) is 2.79. The lowest BCUT2D eigenvalue weighted by Gasteiger charge is -2.26. The molecule has 20 heavy (non-hydrogen) atoms. The number of anilines is 2. The van der Waals surface area contributed by atoms with Crippen molar-refractivity contribution in [2.45, 2.75) is 6.92 Å². The largest absolute Gasteiger partial charge is 0.397 e. The van der Waals surface area contributed by atoms with E-state index in [0.29, 0.717) is 23.5 Å². The summed E-state index contributed by atoms with van der Waals surface area (Å²) in [5.74, 6) is -0.196. The Morgan fingerprint density at radius 1 is 1.30 bits per heavy atom. The van der Waals surface area contributed by atoms with Gasteiger partial charge in [0.05, 0.1) is 17.9 Å². The van der Waals surface area contributed by atoms with Crippen molar-refractivity contribution in [3.8, 4) is 0 Å². The van der Waals surface area contributed by atoms with Crippen molar-refractivity contribution in [2.75, 3.05) is 44.9 Å². The summed E-state index contributed by atoms with van der Waals surface area (Å²) in [5, 5.41) is 2.57. The summed E-state index contributed by atoms with van der Waals surface area (Å²) in [6.07, 6.45) is 0. The van der Waals surface area contributed by atoms with Gasteiger partial charge in [-0.1, -0.05) is 0 Å². The van der Waals surface area contributed by atoms with E-state index in [4.69, 9.17) is 5.73 Å². The quantitative estimate of drug-likeness (QED) is 0.771. The van der Waals surface area contributed by atoms with Crippen LogP contribution in [0.2, 0.25) is 0 Å². The third kappa shape index (κ3) is 3.63. The summed E-state index contributed by atoms with van der Waals surface area (Å²) >= 11 is 0. The zero-order chi connectivity index (χ0) is 15.3. The summed E-state index contributed by atoms with van der Waals surface area (Å²) in [4.78, 5) is 26.9. The first-order valence-corrected chi connectivity index (χ1v) is 6.47. The van der Waals surface area contributed by atoms with Crippen molar-refractivity contribution in [2.24, 2.45) is 0 Å². The molecule has 0 aliphatic rings. The molecular weight excluding hydrogens is 256 g/mol. The van der Waals surface area contributed by atoms with E-state index in [2.05, 4.69) is 5.32 Å². The van der Waals surface area contributed by atoms with Gasteiger partial charge in [0.15, 0.2) is 0 Å². The summed E-state index contributed by atoms with van der Waals surface area (Å²) in [7, 11) is 4.99. The van der Waals surface area contributed by atoms with Gasteiger partial charge >= 0.3 is 0 Å². The van der Waals surface area contributed by atoms with Crippen LogP contribution in [0.1, 0.15) is 17.3 Å². The zero-order valence-corrected chi connectivity index (χ0v) is 12.4. The van der Waals surface area contributed by atoms with Crippen molar-refractivity contribution in [1.82, 2.24) is 10.2 Å². The maximum absolute atomic E-state index is 11.8. The maximum atomic E-state index is 11.8. The minimum absolute atomic E-state index is 0.0170. The fraction of sp³-hybridized carbons (Fsp3) is 0.429. The molecule has 1 aromatic rings. The van der Waals surface area contributed by atoms with Crippen LogP contribution in [0.3, 0.4) is 0 Å². The van der Waals surface area contributed by atoms with Crippen LogP contribution in [0.4, 0.5) is 11.4 Å². The molecule has 0 aromatic heterocycles. The van der Waals surface area contributed by atoms with Gasteiger partial charge in [0.1, 0.15) is 0 Å². The highest BCUT2D eigenvalue weighted by Crippen LogP contribution is 2.24. The molecule has 110 valence electrons. The van der Waals surface area contributed by atoms with Crippen LogP contribution in [0.5, 0.6) is 0 Å². The van der Waals surface area contributed by atoms with Crippen LogP contribution in [-0.4, -0.2) is 50.9 Å². The number of likely N-dealkylation sites (N-methyl/N-ethyl adjacent to an activating group) is 2. The van der Waals surface area contributed by atoms with Crippen LogP contribution in [0.15, 0.2) is 18.2 Å². The number of nitrogen functional groups attached to an aromatic ring is 1. The molecule has 0 fully saturated rings. The number of nitrogens with zero attached hydrogens (tertiary/aromatic N) is 2. The third-order valence-electron chi connectivity index (χ3n) is 3.07. The predicted molar refractivity (Wildman–Crippen MR) is 80.8 cm³/mol. The lowest BCUT2D eigenvalue weighted by molar-refractivity contribution is -0.127. The van der Waals surface area contributed by atoms with Crippen LogP contribution in [0.25, 0.3) is 0 Å². The lowest BCUT2D eigenvalue weighted by atomic mass is 10.1. The van der Waals surface area contributed by atoms with Crippen LogP contribution in [0, 0.1) is 0 Å². The molecule has 0 saturated carbocycles. The van der Waals surface area contributed by atoms with Gasteiger partial charge in [-0.2, -0.15) is 0 Å². The molecule has 6 nitrogen and oxygen atoms in total. The molecule has 0 bridgehead atoms. The molecule has 0 spiro atoms. The normalized spacial score (nSPS) is 10.0. The second-order valence-corrected chi connectivity index (χ2v) is 4.66. The lowest BCUT2D eigenvalue weighted by Crippen LogP contribution is -2.37. The molecule has 1 aromatic carbocycles. The van der Waals surface area contributed by atoms with Gasteiger partial charge in [-0.25, -0.2) is 0 Å². The number of carbonyl (C=O) groups is 2. The van der Waals surface area contributed by atoms with Gasteiger partial charge in [-0.3, -0.25) is 9.59 Å². The van der Waals surface area contributed by atoms with E-state index in [-0.39, 0.29) is 18.4 Å². The molecule has 0 atom stereocenters. The number of hydrogen-bond acceptors (Lipinski definition) is 4. The van der Waals surface area contributed by atoms with Crippen LogP contribution < -0.4 is 16.0 Å². The van der Waals surface area contributed by atoms with Gasteiger partial charge in [-0.15, -0.1) is 0 Å².